The van der Waals surface area contributed by atoms with Crippen molar-refractivity contribution < 1.29 is 0 Å². The van der Waals surface area contributed by atoms with Crippen molar-refractivity contribution >= 4 is 17.0 Å². The summed E-state index contributed by atoms with van der Waals surface area (Å²) in [5.74, 6) is 1.63. The summed E-state index contributed by atoms with van der Waals surface area (Å²) in [5, 5.41) is 3.56. The number of pyridine rings is 1. The molecule has 5 nitrogen and oxygen atoms in total. The summed E-state index contributed by atoms with van der Waals surface area (Å²) in [5.41, 5.74) is 1.57. The fourth-order valence-corrected chi connectivity index (χ4v) is 2.45. The highest BCUT2D eigenvalue weighted by molar-refractivity contribution is 5.71. The van der Waals surface area contributed by atoms with Crippen LogP contribution >= 0.6 is 0 Å². The van der Waals surface area contributed by atoms with Gasteiger partial charge < -0.3 is 10.2 Å². The van der Waals surface area contributed by atoms with Crippen molar-refractivity contribution in [1.29, 1.82) is 0 Å². The van der Waals surface area contributed by atoms with Crippen LogP contribution in [0.25, 0.3) is 11.2 Å². The molecule has 1 N–H and O–H groups in total. The van der Waals surface area contributed by atoms with Gasteiger partial charge in [-0.05, 0) is 18.1 Å². The Kier molecular flexibility index (Phi) is 3.29. The van der Waals surface area contributed by atoms with Crippen LogP contribution in [0.4, 0.5) is 5.82 Å². The Balaban J connectivity index is 1.87. The predicted molar refractivity (Wildman–Crippen MR) is 76.2 cm³/mol. The zero-order valence-electron chi connectivity index (χ0n) is 11.4. The number of aromatic nitrogens is 3. The van der Waals surface area contributed by atoms with Gasteiger partial charge in [-0.2, -0.15) is 0 Å². The largest absolute Gasteiger partial charge is 0.354 e. The first-order valence-corrected chi connectivity index (χ1v) is 6.80. The number of nitrogens with zero attached hydrogens (tertiary/aromatic N) is 4. The van der Waals surface area contributed by atoms with E-state index >= 15 is 0 Å². The van der Waals surface area contributed by atoms with Gasteiger partial charge in [0.05, 0.1) is 0 Å². The van der Waals surface area contributed by atoms with Crippen molar-refractivity contribution in [2.24, 2.45) is 5.92 Å². The summed E-state index contributed by atoms with van der Waals surface area (Å²) in [4.78, 5) is 15.5. The average molecular weight is 257 g/mol. The summed E-state index contributed by atoms with van der Waals surface area (Å²) in [7, 11) is 0. The van der Waals surface area contributed by atoms with Crippen molar-refractivity contribution in [3.8, 4) is 0 Å². The summed E-state index contributed by atoms with van der Waals surface area (Å²) < 4.78 is 0. The Labute approximate surface area is 113 Å². The first kappa shape index (κ1) is 12.3. The molecule has 5 heteroatoms. The highest BCUT2D eigenvalue weighted by atomic mass is 15.2. The lowest BCUT2D eigenvalue weighted by Crippen LogP contribution is -2.53. The quantitative estimate of drug-likeness (QED) is 0.882. The standard InChI is InChI=1S/C14H19N5/c1-10(2)12-9-19(8-7-16-12)13-4-3-11-14(18-13)17-6-5-15-11/h3-6,10,12,16H,7-9H2,1-2H3. The van der Waals surface area contributed by atoms with Crippen LogP contribution < -0.4 is 10.2 Å². The minimum atomic E-state index is 0.521. The van der Waals surface area contributed by atoms with Gasteiger partial charge in [0.1, 0.15) is 11.3 Å². The molecule has 2 aromatic rings. The molecule has 0 aliphatic carbocycles. The second-order valence-corrected chi connectivity index (χ2v) is 5.32. The molecule has 1 fully saturated rings. The number of piperazine rings is 1. The van der Waals surface area contributed by atoms with Crippen LogP contribution in [0.1, 0.15) is 13.8 Å². The molecule has 2 aromatic heterocycles. The molecular weight excluding hydrogens is 238 g/mol. The number of hydrogen-bond donors (Lipinski definition) is 1. The molecule has 3 rings (SSSR count). The fraction of sp³-hybridized carbons (Fsp3) is 0.500. The third kappa shape index (κ3) is 2.51. The molecule has 0 spiro atoms. The highest BCUT2D eigenvalue weighted by Crippen LogP contribution is 2.18. The van der Waals surface area contributed by atoms with E-state index in [4.69, 9.17) is 0 Å². The van der Waals surface area contributed by atoms with Gasteiger partial charge in [0.25, 0.3) is 0 Å². The van der Waals surface area contributed by atoms with Crippen LogP contribution in [0.15, 0.2) is 24.5 Å². The van der Waals surface area contributed by atoms with Gasteiger partial charge in [-0.15, -0.1) is 0 Å². The summed E-state index contributed by atoms with van der Waals surface area (Å²) in [6.07, 6.45) is 3.39. The molecule has 0 bridgehead atoms. The van der Waals surface area contributed by atoms with Gasteiger partial charge in [-0.3, -0.25) is 4.98 Å². The third-order valence-corrected chi connectivity index (χ3v) is 3.65. The van der Waals surface area contributed by atoms with E-state index in [0.29, 0.717) is 12.0 Å². The Morgan fingerprint density at radius 2 is 2.11 bits per heavy atom. The van der Waals surface area contributed by atoms with Crippen LogP contribution in [0, 0.1) is 5.92 Å². The molecule has 1 aliphatic heterocycles. The first-order valence-electron chi connectivity index (χ1n) is 6.80. The molecule has 100 valence electrons. The Morgan fingerprint density at radius 3 is 2.95 bits per heavy atom. The van der Waals surface area contributed by atoms with E-state index in [1.165, 1.54) is 0 Å². The normalized spacial score (nSPS) is 20.2. The molecule has 1 unspecified atom stereocenters. The van der Waals surface area contributed by atoms with Crippen molar-refractivity contribution in [3.05, 3.63) is 24.5 Å². The molecule has 1 saturated heterocycles. The number of hydrogen-bond acceptors (Lipinski definition) is 5. The first-order chi connectivity index (χ1) is 9.24. The van der Waals surface area contributed by atoms with Crippen molar-refractivity contribution in [3.63, 3.8) is 0 Å². The van der Waals surface area contributed by atoms with Crippen molar-refractivity contribution in [2.45, 2.75) is 19.9 Å². The maximum Gasteiger partial charge on any atom is 0.180 e. The maximum absolute atomic E-state index is 4.62. The van der Waals surface area contributed by atoms with Crippen molar-refractivity contribution in [1.82, 2.24) is 20.3 Å². The van der Waals surface area contributed by atoms with E-state index in [-0.39, 0.29) is 0 Å². The SMILES string of the molecule is CC(C)C1CN(c2ccc3nccnc3n2)CCN1. The molecule has 1 atom stereocenters. The van der Waals surface area contributed by atoms with Crippen LogP contribution in [0.5, 0.6) is 0 Å². The van der Waals surface area contributed by atoms with Crippen LogP contribution in [-0.2, 0) is 0 Å². The Morgan fingerprint density at radius 1 is 1.26 bits per heavy atom. The molecule has 0 radical (unpaired) electrons. The fourth-order valence-electron chi connectivity index (χ4n) is 2.45. The van der Waals surface area contributed by atoms with Gasteiger partial charge in [0, 0.05) is 38.1 Å². The molecule has 0 amide bonds. The summed E-state index contributed by atoms with van der Waals surface area (Å²) in [6, 6.07) is 4.56. The van der Waals surface area contributed by atoms with Gasteiger partial charge in [0.15, 0.2) is 5.65 Å². The van der Waals surface area contributed by atoms with E-state index in [1.54, 1.807) is 12.4 Å². The minimum absolute atomic E-state index is 0.521. The molecular formula is C14H19N5. The number of rotatable bonds is 2. The van der Waals surface area contributed by atoms with E-state index in [0.717, 1.165) is 36.6 Å². The van der Waals surface area contributed by atoms with Crippen LogP contribution in [0.2, 0.25) is 0 Å². The summed E-state index contributed by atoms with van der Waals surface area (Å²) in [6.45, 7) is 7.49. The average Bonchev–Trinajstić information content (AvgIpc) is 2.47. The van der Waals surface area contributed by atoms with Gasteiger partial charge in [0.2, 0.25) is 0 Å². The zero-order valence-corrected chi connectivity index (χ0v) is 11.4. The monoisotopic (exact) mass is 257 g/mol. The highest BCUT2D eigenvalue weighted by Gasteiger charge is 2.22. The lowest BCUT2D eigenvalue weighted by molar-refractivity contribution is 0.367. The molecule has 3 heterocycles. The smallest absolute Gasteiger partial charge is 0.180 e. The number of fused-ring (bicyclic) bond motifs is 1. The third-order valence-electron chi connectivity index (χ3n) is 3.65. The Hall–Kier alpha value is -1.75. The van der Waals surface area contributed by atoms with Crippen LogP contribution in [0.3, 0.4) is 0 Å². The van der Waals surface area contributed by atoms with E-state index < -0.39 is 0 Å². The second-order valence-electron chi connectivity index (χ2n) is 5.32. The number of anilines is 1. The zero-order chi connectivity index (χ0) is 13.2. The molecule has 19 heavy (non-hydrogen) atoms. The van der Waals surface area contributed by atoms with E-state index in [1.807, 2.05) is 12.1 Å². The Bertz CT molecular complexity index is 569. The second kappa shape index (κ2) is 5.09. The molecule has 0 aromatic carbocycles. The lowest BCUT2D eigenvalue weighted by atomic mass is 10.0. The van der Waals surface area contributed by atoms with Gasteiger partial charge >= 0.3 is 0 Å². The van der Waals surface area contributed by atoms with Gasteiger partial charge in [-0.25, -0.2) is 9.97 Å². The summed E-state index contributed by atoms with van der Waals surface area (Å²) >= 11 is 0. The predicted octanol–water partition coefficient (Wildman–Crippen LogP) is 1.46. The van der Waals surface area contributed by atoms with Gasteiger partial charge in [-0.1, -0.05) is 13.8 Å². The van der Waals surface area contributed by atoms with Crippen LogP contribution in [-0.4, -0.2) is 40.6 Å². The minimum Gasteiger partial charge on any atom is -0.354 e. The number of nitrogens with one attached hydrogen (secondary N) is 1. The van der Waals surface area contributed by atoms with Crippen molar-refractivity contribution in [2.75, 3.05) is 24.5 Å². The molecule has 0 saturated carbocycles. The van der Waals surface area contributed by atoms with E-state index in [9.17, 15) is 0 Å². The maximum atomic E-state index is 4.62. The lowest BCUT2D eigenvalue weighted by Gasteiger charge is -2.36. The topological polar surface area (TPSA) is 53.9 Å². The molecule has 1 aliphatic rings. The van der Waals surface area contributed by atoms with E-state index in [2.05, 4.69) is 39.0 Å².